The summed E-state index contributed by atoms with van der Waals surface area (Å²) < 4.78 is 47.6. The molecule has 0 aromatic carbocycles. The number of hydrogen-bond acceptors (Lipinski definition) is 6. The maximum Gasteiger partial charge on any atom is 0.267 e. The van der Waals surface area contributed by atoms with Gasteiger partial charge in [0.15, 0.2) is 17.6 Å². The van der Waals surface area contributed by atoms with Crippen molar-refractivity contribution >= 4 is 21.5 Å². The highest BCUT2D eigenvalue weighted by atomic mass is 32.2. The lowest BCUT2D eigenvalue weighted by molar-refractivity contribution is 0.00857. The van der Waals surface area contributed by atoms with Gasteiger partial charge in [0.25, 0.3) is 10.1 Å². The van der Waals surface area contributed by atoms with Gasteiger partial charge in [-0.05, 0) is 12.8 Å². The number of rotatable bonds is 7. The van der Waals surface area contributed by atoms with Crippen LogP contribution in [-0.4, -0.2) is 44.1 Å². The summed E-state index contributed by atoms with van der Waals surface area (Å²) in [5, 5.41) is 2.98. The lowest BCUT2D eigenvalue weighted by atomic mass is 10.2. The standard InChI is InChI=1S/C12H18O6S2/c1-2-10(20(13,14)15)3-4-16-5-9-6-17-11-7-19-8-12(11)18-9/h7-10H,2-6H2,1H3,(H,13,14,15). The summed E-state index contributed by atoms with van der Waals surface area (Å²) in [6, 6.07) is 0. The molecule has 0 saturated carbocycles. The van der Waals surface area contributed by atoms with Gasteiger partial charge in [-0.15, -0.1) is 11.3 Å². The highest BCUT2D eigenvalue weighted by molar-refractivity contribution is 7.86. The summed E-state index contributed by atoms with van der Waals surface area (Å²) in [6.07, 6.45) is 0.443. The Labute approximate surface area is 122 Å². The Morgan fingerprint density at radius 2 is 2.25 bits per heavy atom. The molecule has 1 aromatic rings. The molecule has 1 aromatic heterocycles. The SMILES string of the molecule is CCC(CCOCC1COc2cscc2O1)S(=O)(=O)O. The molecule has 0 radical (unpaired) electrons. The first-order chi connectivity index (χ1) is 9.50. The van der Waals surface area contributed by atoms with Crippen LogP contribution in [0, 0.1) is 0 Å². The fraction of sp³-hybridized carbons (Fsp3) is 0.667. The monoisotopic (exact) mass is 322 g/mol. The van der Waals surface area contributed by atoms with Gasteiger partial charge >= 0.3 is 0 Å². The lowest BCUT2D eigenvalue weighted by Gasteiger charge is -2.24. The Hall–Kier alpha value is -0.830. The molecular weight excluding hydrogens is 304 g/mol. The third-order valence-electron chi connectivity index (χ3n) is 3.08. The Morgan fingerprint density at radius 3 is 2.95 bits per heavy atom. The van der Waals surface area contributed by atoms with Crippen molar-refractivity contribution in [2.75, 3.05) is 19.8 Å². The molecule has 0 saturated heterocycles. The van der Waals surface area contributed by atoms with Crippen LogP contribution in [0.5, 0.6) is 11.5 Å². The maximum absolute atomic E-state index is 11.0. The minimum Gasteiger partial charge on any atom is -0.485 e. The summed E-state index contributed by atoms with van der Waals surface area (Å²) >= 11 is 1.51. The maximum atomic E-state index is 11.0. The number of fused-ring (bicyclic) bond motifs is 1. The molecule has 8 heteroatoms. The van der Waals surface area contributed by atoms with Crippen molar-refractivity contribution in [3.8, 4) is 11.5 Å². The van der Waals surface area contributed by atoms with E-state index < -0.39 is 15.4 Å². The smallest absolute Gasteiger partial charge is 0.267 e. The average Bonchev–Trinajstić information content (AvgIpc) is 2.84. The summed E-state index contributed by atoms with van der Waals surface area (Å²) in [5.41, 5.74) is 0. The zero-order valence-electron chi connectivity index (χ0n) is 11.1. The van der Waals surface area contributed by atoms with Gasteiger partial charge < -0.3 is 14.2 Å². The Balaban J connectivity index is 1.70. The second-order valence-corrected chi connectivity index (χ2v) is 7.00. The van der Waals surface area contributed by atoms with E-state index in [2.05, 4.69) is 0 Å². The molecule has 1 aliphatic heterocycles. The topological polar surface area (TPSA) is 82.1 Å². The van der Waals surface area contributed by atoms with Gasteiger partial charge in [-0.2, -0.15) is 8.42 Å². The summed E-state index contributed by atoms with van der Waals surface area (Å²) in [7, 11) is -3.99. The van der Waals surface area contributed by atoms with E-state index >= 15 is 0 Å². The Kier molecular flexibility index (Phi) is 5.25. The van der Waals surface area contributed by atoms with E-state index in [1.54, 1.807) is 6.92 Å². The molecule has 0 amide bonds. The highest BCUT2D eigenvalue weighted by Crippen LogP contribution is 2.35. The van der Waals surface area contributed by atoms with Gasteiger partial charge in [0.05, 0.1) is 11.9 Å². The first kappa shape index (κ1) is 15.6. The zero-order chi connectivity index (χ0) is 14.6. The fourth-order valence-corrected chi connectivity index (χ4v) is 3.42. The normalized spacial score (nSPS) is 19.8. The third kappa shape index (κ3) is 4.08. The van der Waals surface area contributed by atoms with E-state index in [1.165, 1.54) is 11.3 Å². The molecule has 0 bridgehead atoms. The summed E-state index contributed by atoms with van der Waals surface area (Å²) in [4.78, 5) is 0. The van der Waals surface area contributed by atoms with Gasteiger partial charge in [-0.1, -0.05) is 6.92 Å². The highest BCUT2D eigenvalue weighted by Gasteiger charge is 2.23. The fourth-order valence-electron chi connectivity index (χ4n) is 1.94. The second kappa shape index (κ2) is 6.75. The van der Waals surface area contributed by atoms with Crippen LogP contribution >= 0.6 is 11.3 Å². The van der Waals surface area contributed by atoms with Crippen molar-refractivity contribution in [1.29, 1.82) is 0 Å². The molecule has 0 aliphatic carbocycles. The predicted octanol–water partition coefficient (Wildman–Crippen LogP) is 1.96. The van der Waals surface area contributed by atoms with Crippen LogP contribution < -0.4 is 9.47 Å². The first-order valence-electron chi connectivity index (χ1n) is 6.40. The zero-order valence-corrected chi connectivity index (χ0v) is 12.8. The van der Waals surface area contributed by atoms with E-state index in [9.17, 15) is 8.42 Å². The average molecular weight is 322 g/mol. The molecule has 20 heavy (non-hydrogen) atoms. The van der Waals surface area contributed by atoms with Crippen LogP contribution in [-0.2, 0) is 14.9 Å². The molecule has 2 heterocycles. The molecule has 2 unspecified atom stereocenters. The van der Waals surface area contributed by atoms with Crippen LogP contribution in [0.3, 0.4) is 0 Å². The van der Waals surface area contributed by atoms with E-state index in [0.29, 0.717) is 19.6 Å². The van der Waals surface area contributed by atoms with Crippen molar-refractivity contribution in [1.82, 2.24) is 0 Å². The van der Waals surface area contributed by atoms with Gasteiger partial charge in [-0.3, -0.25) is 4.55 Å². The third-order valence-corrected chi connectivity index (χ3v) is 5.19. The molecule has 1 aliphatic rings. The summed E-state index contributed by atoms with van der Waals surface area (Å²) in [6.45, 7) is 2.72. The van der Waals surface area contributed by atoms with Gasteiger partial charge in [-0.25, -0.2) is 0 Å². The molecule has 1 N–H and O–H groups in total. The van der Waals surface area contributed by atoms with Crippen LogP contribution in [0.25, 0.3) is 0 Å². The Bertz CT molecular complexity index is 524. The first-order valence-corrected chi connectivity index (χ1v) is 8.85. The minimum atomic E-state index is -3.99. The molecular formula is C12H18O6S2. The van der Waals surface area contributed by atoms with E-state index in [1.807, 2.05) is 10.8 Å². The molecule has 0 spiro atoms. The van der Waals surface area contributed by atoms with Crippen molar-refractivity contribution in [2.24, 2.45) is 0 Å². The summed E-state index contributed by atoms with van der Waals surface area (Å²) in [5.74, 6) is 1.47. The molecule has 6 nitrogen and oxygen atoms in total. The van der Waals surface area contributed by atoms with E-state index in [4.69, 9.17) is 18.8 Å². The predicted molar refractivity (Wildman–Crippen MR) is 75.3 cm³/mol. The van der Waals surface area contributed by atoms with Crippen molar-refractivity contribution in [2.45, 2.75) is 31.1 Å². The molecule has 0 fully saturated rings. The van der Waals surface area contributed by atoms with Crippen LogP contribution in [0.4, 0.5) is 0 Å². The number of hydrogen-bond donors (Lipinski definition) is 1. The largest absolute Gasteiger partial charge is 0.485 e. The van der Waals surface area contributed by atoms with Gasteiger partial charge in [0, 0.05) is 17.4 Å². The van der Waals surface area contributed by atoms with Crippen molar-refractivity contribution in [3.63, 3.8) is 0 Å². The van der Waals surface area contributed by atoms with Crippen LogP contribution in [0.2, 0.25) is 0 Å². The Morgan fingerprint density at radius 1 is 1.50 bits per heavy atom. The molecule has 114 valence electrons. The van der Waals surface area contributed by atoms with Gasteiger partial charge in [0.1, 0.15) is 6.61 Å². The second-order valence-electron chi connectivity index (χ2n) is 4.56. The van der Waals surface area contributed by atoms with Crippen LogP contribution in [0.1, 0.15) is 19.8 Å². The lowest BCUT2D eigenvalue weighted by Crippen LogP contribution is -2.33. The van der Waals surface area contributed by atoms with Crippen LogP contribution in [0.15, 0.2) is 10.8 Å². The van der Waals surface area contributed by atoms with Crippen molar-refractivity contribution in [3.05, 3.63) is 10.8 Å². The quantitative estimate of drug-likeness (QED) is 0.610. The van der Waals surface area contributed by atoms with Crippen molar-refractivity contribution < 1.29 is 27.2 Å². The molecule has 2 atom stereocenters. The molecule has 2 rings (SSSR count). The number of thiophene rings is 1. The van der Waals surface area contributed by atoms with E-state index in [-0.39, 0.29) is 19.1 Å². The minimum absolute atomic E-state index is 0.192. The van der Waals surface area contributed by atoms with E-state index in [0.717, 1.165) is 11.5 Å². The van der Waals surface area contributed by atoms with Gasteiger partial charge in [0.2, 0.25) is 0 Å². The number of ether oxygens (including phenoxy) is 3.